The fourth-order valence-corrected chi connectivity index (χ4v) is 2.51. The van der Waals surface area contributed by atoms with Crippen LogP contribution in [0.2, 0.25) is 0 Å². The monoisotopic (exact) mass is 408 g/mol. The van der Waals surface area contributed by atoms with Crippen LogP contribution in [0.15, 0.2) is 66.9 Å². The molecule has 0 spiro atoms. The van der Waals surface area contributed by atoms with E-state index in [0.717, 1.165) is 5.69 Å². The van der Waals surface area contributed by atoms with Crippen molar-refractivity contribution >= 4 is 17.8 Å². The highest BCUT2D eigenvalue weighted by atomic mass is 16.6. The molecule has 0 aliphatic carbocycles. The van der Waals surface area contributed by atoms with Gasteiger partial charge < -0.3 is 9.47 Å². The Labute approximate surface area is 172 Å². The van der Waals surface area contributed by atoms with Gasteiger partial charge in [-0.2, -0.15) is 5.10 Å². The first-order valence-electron chi connectivity index (χ1n) is 9.05. The number of amides is 2. The molecule has 30 heavy (non-hydrogen) atoms. The third-order valence-electron chi connectivity index (χ3n) is 4.10. The summed E-state index contributed by atoms with van der Waals surface area (Å²) in [4.78, 5) is 36.6. The first-order chi connectivity index (χ1) is 14.5. The van der Waals surface area contributed by atoms with Gasteiger partial charge in [-0.05, 0) is 31.2 Å². The average molecular weight is 408 g/mol. The Hall–Kier alpha value is -4.14. The number of ether oxygens (including phenoxy) is 2. The Kier molecular flexibility index (Phi) is 6.43. The maximum absolute atomic E-state index is 12.5. The van der Waals surface area contributed by atoms with E-state index >= 15 is 0 Å². The van der Waals surface area contributed by atoms with Gasteiger partial charge in [-0.25, -0.2) is 9.48 Å². The molecule has 0 radical (unpaired) electrons. The van der Waals surface area contributed by atoms with Gasteiger partial charge in [0.05, 0.1) is 19.0 Å². The van der Waals surface area contributed by atoms with Crippen LogP contribution < -0.4 is 15.6 Å². The number of aromatic nitrogens is 2. The van der Waals surface area contributed by atoms with E-state index in [1.165, 1.54) is 24.9 Å². The second-order valence-corrected chi connectivity index (χ2v) is 6.18. The molecule has 2 aromatic carbocycles. The quantitative estimate of drug-likeness (QED) is 0.476. The zero-order chi connectivity index (χ0) is 21.5. The van der Waals surface area contributed by atoms with Crippen molar-refractivity contribution in [3.05, 3.63) is 78.1 Å². The highest BCUT2D eigenvalue weighted by molar-refractivity contribution is 5.96. The van der Waals surface area contributed by atoms with Gasteiger partial charge in [0.15, 0.2) is 11.9 Å². The molecule has 9 heteroatoms. The average Bonchev–Trinajstić information content (AvgIpc) is 3.23. The van der Waals surface area contributed by atoms with Crippen LogP contribution in [0.5, 0.6) is 5.75 Å². The number of nitrogens with one attached hydrogen (secondary N) is 2. The first-order valence-corrected chi connectivity index (χ1v) is 9.05. The standard InChI is InChI=1S/C21H20N4O5/c1-14(19(26)22-23-20(27)15-9-5-3-6-10-15)30-21(28)18-17(29-2)13-25(24-18)16-11-7-4-8-12-16/h3-14H,1-2H3,(H,22,26)(H,23,27)/t14-/m0/s1. The summed E-state index contributed by atoms with van der Waals surface area (Å²) < 4.78 is 11.8. The molecule has 1 atom stereocenters. The Bertz CT molecular complexity index is 1030. The number of hydrazine groups is 1. The van der Waals surface area contributed by atoms with Gasteiger partial charge in [0, 0.05) is 5.56 Å². The molecular formula is C21H20N4O5. The molecule has 9 nitrogen and oxygen atoms in total. The number of benzene rings is 2. The van der Waals surface area contributed by atoms with Crippen LogP contribution in [0.25, 0.3) is 5.69 Å². The van der Waals surface area contributed by atoms with Gasteiger partial charge in [0.2, 0.25) is 5.69 Å². The van der Waals surface area contributed by atoms with Crippen molar-refractivity contribution in [2.45, 2.75) is 13.0 Å². The number of nitrogens with zero attached hydrogens (tertiary/aromatic N) is 2. The van der Waals surface area contributed by atoms with Gasteiger partial charge in [-0.3, -0.25) is 20.4 Å². The number of carbonyl (C=O) groups excluding carboxylic acids is 3. The summed E-state index contributed by atoms with van der Waals surface area (Å²) in [6, 6.07) is 17.5. The summed E-state index contributed by atoms with van der Waals surface area (Å²) in [5.74, 6) is -1.83. The summed E-state index contributed by atoms with van der Waals surface area (Å²) in [6.45, 7) is 1.38. The molecule has 0 saturated heterocycles. The van der Waals surface area contributed by atoms with Crippen molar-refractivity contribution < 1.29 is 23.9 Å². The topological polar surface area (TPSA) is 112 Å². The third-order valence-corrected chi connectivity index (χ3v) is 4.10. The highest BCUT2D eigenvalue weighted by Crippen LogP contribution is 2.20. The van der Waals surface area contributed by atoms with Gasteiger partial charge in [0.1, 0.15) is 0 Å². The normalized spacial score (nSPS) is 11.3. The largest absolute Gasteiger partial charge is 0.493 e. The Morgan fingerprint density at radius 3 is 2.23 bits per heavy atom. The molecule has 2 amide bonds. The minimum Gasteiger partial charge on any atom is -0.493 e. The maximum atomic E-state index is 12.5. The molecule has 154 valence electrons. The fraction of sp³-hybridized carbons (Fsp3) is 0.143. The second-order valence-electron chi connectivity index (χ2n) is 6.18. The Balaban J connectivity index is 1.61. The van der Waals surface area contributed by atoms with Crippen molar-refractivity contribution in [1.29, 1.82) is 0 Å². The number of hydrogen-bond acceptors (Lipinski definition) is 6. The van der Waals surface area contributed by atoms with Crippen LogP contribution in [0.3, 0.4) is 0 Å². The predicted molar refractivity (Wildman–Crippen MR) is 107 cm³/mol. The van der Waals surface area contributed by atoms with Crippen molar-refractivity contribution in [3.63, 3.8) is 0 Å². The van der Waals surface area contributed by atoms with Gasteiger partial charge in [-0.15, -0.1) is 0 Å². The Morgan fingerprint density at radius 1 is 0.967 bits per heavy atom. The van der Waals surface area contributed by atoms with E-state index in [9.17, 15) is 14.4 Å². The van der Waals surface area contributed by atoms with Crippen LogP contribution in [0, 0.1) is 0 Å². The second kappa shape index (κ2) is 9.37. The molecule has 3 aromatic rings. The zero-order valence-corrected chi connectivity index (χ0v) is 16.4. The number of rotatable bonds is 6. The number of methoxy groups -OCH3 is 1. The minimum absolute atomic E-state index is 0.0747. The number of hydrogen-bond donors (Lipinski definition) is 2. The summed E-state index contributed by atoms with van der Waals surface area (Å²) in [6.07, 6.45) is 0.358. The summed E-state index contributed by atoms with van der Waals surface area (Å²) in [5, 5.41) is 4.19. The van der Waals surface area contributed by atoms with E-state index in [1.54, 1.807) is 30.3 Å². The van der Waals surface area contributed by atoms with Gasteiger partial charge >= 0.3 is 5.97 Å². The van der Waals surface area contributed by atoms with Crippen molar-refractivity contribution in [2.75, 3.05) is 7.11 Å². The molecule has 0 saturated carbocycles. The van der Waals surface area contributed by atoms with Crippen LogP contribution >= 0.6 is 0 Å². The summed E-state index contributed by atoms with van der Waals surface area (Å²) >= 11 is 0. The molecule has 1 heterocycles. The lowest BCUT2D eigenvalue weighted by Gasteiger charge is -2.13. The van der Waals surface area contributed by atoms with E-state index < -0.39 is 23.9 Å². The van der Waals surface area contributed by atoms with Gasteiger partial charge in [-0.1, -0.05) is 36.4 Å². The molecule has 2 N–H and O–H groups in total. The van der Waals surface area contributed by atoms with Crippen LogP contribution in [-0.4, -0.2) is 40.8 Å². The van der Waals surface area contributed by atoms with Crippen LogP contribution in [0.4, 0.5) is 0 Å². The molecule has 0 fully saturated rings. The van der Waals surface area contributed by atoms with E-state index in [4.69, 9.17) is 9.47 Å². The molecule has 0 bridgehead atoms. The molecule has 0 unspecified atom stereocenters. The van der Waals surface area contributed by atoms with Crippen LogP contribution in [0.1, 0.15) is 27.8 Å². The lowest BCUT2D eigenvalue weighted by Crippen LogP contribution is -2.46. The van der Waals surface area contributed by atoms with E-state index in [1.807, 2.05) is 30.3 Å². The minimum atomic E-state index is -1.18. The number of esters is 1. The lowest BCUT2D eigenvalue weighted by molar-refractivity contribution is -0.129. The molecular weight excluding hydrogens is 388 g/mol. The predicted octanol–water partition coefficient (Wildman–Crippen LogP) is 1.89. The van der Waals surface area contributed by atoms with E-state index in [-0.39, 0.29) is 11.4 Å². The summed E-state index contributed by atoms with van der Waals surface area (Å²) in [5.41, 5.74) is 5.52. The molecule has 0 aliphatic heterocycles. The number of carbonyl (C=O) groups is 3. The first kappa shape index (κ1) is 20.6. The zero-order valence-electron chi connectivity index (χ0n) is 16.4. The SMILES string of the molecule is COc1cn(-c2ccccc2)nc1C(=O)O[C@@H](C)C(=O)NNC(=O)c1ccccc1. The van der Waals surface area contributed by atoms with Crippen LogP contribution in [-0.2, 0) is 9.53 Å². The van der Waals surface area contributed by atoms with Crippen molar-refractivity contribution in [2.24, 2.45) is 0 Å². The number of para-hydroxylation sites is 1. The molecule has 3 rings (SSSR count). The van der Waals surface area contributed by atoms with Crippen molar-refractivity contribution in [1.82, 2.24) is 20.6 Å². The Morgan fingerprint density at radius 2 is 1.60 bits per heavy atom. The van der Waals surface area contributed by atoms with E-state index in [2.05, 4.69) is 16.0 Å². The third kappa shape index (κ3) is 4.82. The molecule has 1 aromatic heterocycles. The smallest absolute Gasteiger partial charge is 0.363 e. The lowest BCUT2D eigenvalue weighted by atomic mass is 10.2. The molecule has 0 aliphatic rings. The highest BCUT2D eigenvalue weighted by Gasteiger charge is 2.25. The van der Waals surface area contributed by atoms with Gasteiger partial charge in [0.25, 0.3) is 11.8 Å². The van der Waals surface area contributed by atoms with Crippen molar-refractivity contribution in [3.8, 4) is 11.4 Å². The fourth-order valence-electron chi connectivity index (χ4n) is 2.51. The summed E-state index contributed by atoms with van der Waals surface area (Å²) in [7, 11) is 1.40. The maximum Gasteiger partial charge on any atom is 0.363 e. The van der Waals surface area contributed by atoms with E-state index in [0.29, 0.717) is 5.56 Å².